The van der Waals surface area contributed by atoms with Crippen LogP contribution in [0.15, 0.2) is 158 Å². The number of carbonyl (C=O) groups excluding carboxylic acids is 4. The molecule has 2 aromatic carbocycles. The third-order valence-corrected chi connectivity index (χ3v) is 20.8. The van der Waals surface area contributed by atoms with Crippen LogP contribution in [0.2, 0.25) is 15.5 Å². The predicted molar refractivity (Wildman–Crippen MR) is 468 cm³/mol. The zero-order chi connectivity index (χ0) is 89.2. The summed E-state index contributed by atoms with van der Waals surface area (Å²) in [7, 11) is 9.13. The molecule has 127 heavy (non-hydrogen) atoms. The van der Waals surface area contributed by atoms with E-state index in [1.807, 2.05) is 107 Å². The number of halogens is 3. The van der Waals surface area contributed by atoms with E-state index in [0.717, 1.165) is 68.3 Å². The number of fused-ring (bicyclic) bond motifs is 9. The molecule has 11 N–H and O–H groups in total. The van der Waals surface area contributed by atoms with Crippen LogP contribution in [0.25, 0.3) is 118 Å². The number of benzene rings is 2. The highest BCUT2D eigenvalue weighted by Crippen LogP contribution is 2.44. The van der Waals surface area contributed by atoms with Crippen LogP contribution < -0.4 is 17.6 Å². The zero-order valence-electron chi connectivity index (χ0n) is 69.8. The summed E-state index contributed by atoms with van der Waals surface area (Å²) in [5.41, 5.74) is 27.8. The first-order valence-electron chi connectivity index (χ1n) is 38.0. The van der Waals surface area contributed by atoms with Crippen molar-refractivity contribution in [1.82, 2.24) is 105 Å². The molecule has 17 aromatic rings. The number of anilines is 2. The van der Waals surface area contributed by atoms with Gasteiger partial charge in [-0.1, -0.05) is 128 Å². The molecule has 15 heterocycles. The van der Waals surface area contributed by atoms with E-state index in [4.69, 9.17) is 88.6 Å². The number of carbonyl (C=O) groups is 6. The number of aromatic nitrogens is 20. The average Bonchev–Trinajstić information content (AvgIpc) is 2.36. The maximum atomic E-state index is 12.3. The third kappa shape index (κ3) is 19.7. The van der Waals surface area contributed by atoms with Crippen LogP contribution in [0.1, 0.15) is 103 Å². The normalized spacial score (nSPS) is 11.3. The molecule has 0 bridgehead atoms. The zero-order valence-corrected chi connectivity index (χ0v) is 72.1. The molecule has 39 nitrogen and oxygen atoms in total. The minimum absolute atomic E-state index is 0. The number of carboxylic acids is 2. The Morgan fingerprint density at radius 3 is 1.26 bits per heavy atom. The Bertz CT molecular complexity index is 6850. The van der Waals surface area contributed by atoms with Gasteiger partial charge < -0.3 is 88.2 Å². The molecule has 18 rings (SSSR count). The van der Waals surface area contributed by atoms with Crippen LogP contribution in [0, 0.1) is 34.6 Å². The number of nitrogens with two attached hydrogens (primary N) is 2. The standard InChI is InChI=1S/C21H17ClN4O3.C14H13ClN4O3.C14H15N5O3.C14H13N5O2.C12H9ClN4O2.C10H10O2.H3N.H2O/c1-13-10-15(25-29-13)18-16(26(2)21-19(18)20(22)23-12-24-21)8-9-17(27)28-11-14-6-4-3-5-7-14;2*1-7-5-8(18-22-7)11-9(3-4-10(20)21)19(2)14-12(11)13(15)16-6-17-14;1-6-9-8(20)4-3-7-10(12(9)18-21-6)11-13(15)16-5-17-14(11)19(7)2;1-6-3-7(16-19-6)9-8(4-18)17(2)12-10(9)11(13)14-5-15-12;1-2-10(11)12-8-9-6-4-3-5-7-9;;/h3-10,12H,11H2,1-2H3;5-6H,3-4H2,1-2H3,(H,20,21);5-6H,3-4H2,1-2H3,(H,20,21)(H2,15,16,17);5H,3-4H2,1-2H3,(H2,15,16,17);3-5H,1-2H3;2-7H,1,8H2;1H3;1H2/b9-8+;;;;;;;. The first kappa shape index (κ1) is 92.4. The number of rotatable bonds is 18. The van der Waals surface area contributed by atoms with Crippen LogP contribution in [0.3, 0.4) is 0 Å². The van der Waals surface area contributed by atoms with Crippen molar-refractivity contribution in [2.75, 3.05) is 11.5 Å². The molecule has 0 spiro atoms. The Morgan fingerprint density at radius 1 is 0.472 bits per heavy atom. The highest BCUT2D eigenvalue weighted by Gasteiger charge is 2.33. The number of hydrogen-bond donors (Lipinski definition) is 5. The second-order valence-corrected chi connectivity index (χ2v) is 29.2. The summed E-state index contributed by atoms with van der Waals surface area (Å²) in [4.78, 5) is 110. The van der Waals surface area contributed by atoms with E-state index in [2.05, 4.69) is 82.2 Å². The number of nitrogens with zero attached hydrogens (tertiary/aromatic N) is 20. The monoisotopic (exact) mass is 1790 g/mol. The van der Waals surface area contributed by atoms with Crippen molar-refractivity contribution in [2.45, 2.75) is 86.4 Å². The Morgan fingerprint density at radius 2 is 0.843 bits per heavy atom. The topological polar surface area (TPSA) is 564 Å². The smallest absolute Gasteiger partial charge is 0.331 e. The van der Waals surface area contributed by atoms with Gasteiger partial charge in [0.05, 0.1) is 56.7 Å². The Hall–Kier alpha value is -15.3. The van der Waals surface area contributed by atoms with E-state index in [1.54, 1.807) is 76.6 Å². The van der Waals surface area contributed by atoms with Crippen LogP contribution in [0.4, 0.5) is 11.6 Å². The molecule has 654 valence electrons. The molecule has 0 saturated carbocycles. The molecule has 1 aliphatic rings. The van der Waals surface area contributed by atoms with E-state index >= 15 is 0 Å². The van der Waals surface area contributed by atoms with Crippen molar-refractivity contribution >= 4 is 144 Å². The van der Waals surface area contributed by atoms with E-state index in [1.165, 1.54) is 37.7 Å². The number of aryl methyl sites for hydroxylation is 10. The van der Waals surface area contributed by atoms with Gasteiger partial charge in [0.15, 0.2) is 12.1 Å². The fourth-order valence-corrected chi connectivity index (χ4v) is 14.9. The van der Waals surface area contributed by atoms with Crippen LogP contribution in [-0.4, -0.2) is 150 Å². The van der Waals surface area contributed by atoms with Crippen molar-refractivity contribution < 1.29 is 76.5 Å². The van der Waals surface area contributed by atoms with Crippen molar-refractivity contribution in [3.05, 3.63) is 225 Å². The molecule has 0 fully saturated rings. The van der Waals surface area contributed by atoms with Crippen LogP contribution in [-0.2, 0) is 96.4 Å². The van der Waals surface area contributed by atoms with Crippen molar-refractivity contribution in [3.63, 3.8) is 0 Å². The molecular weight excluding hydrogens is 1710 g/mol. The minimum Gasteiger partial charge on any atom is -0.481 e. The highest BCUT2D eigenvalue weighted by molar-refractivity contribution is 6.36. The lowest BCUT2D eigenvalue weighted by Gasteiger charge is -2.04. The molecule has 0 amide bonds. The van der Waals surface area contributed by atoms with Gasteiger partial charge in [-0.05, 0) is 71.1 Å². The summed E-state index contributed by atoms with van der Waals surface area (Å²) in [5.74, 6) is 1.33. The van der Waals surface area contributed by atoms with E-state index in [9.17, 15) is 28.8 Å². The number of ketones is 1. The number of nitrogen functional groups attached to an aromatic ring is 2. The largest absolute Gasteiger partial charge is 0.481 e. The van der Waals surface area contributed by atoms with E-state index < -0.39 is 17.9 Å². The molecule has 0 atom stereocenters. The average molecular weight is 1790 g/mol. The van der Waals surface area contributed by atoms with Crippen LogP contribution in [0.5, 0.6) is 0 Å². The number of aldehydes is 1. The molecule has 0 saturated heterocycles. The first-order chi connectivity index (χ1) is 60.1. The van der Waals surface area contributed by atoms with Crippen LogP contribution >= 0.6 is 34.8 Å². The molecule has 42 heteroatoms. The van der Waals surface area contributed by atoms with Gasteiger partial charge in [-0.2, -0.15) is 0 Å². The van der Waals surface area contributed by atoms with Gasteiger partial charge in [0, 0.05) is 123 Å². The Labute approximate surface area is 734 Å². The van der Waals surface area contributed by atoms with E-state index in [0.29, 0.717) is 184 Å². The maximum absolute atomic E-state index is 12.3. The van der Waals surface area contributed by atoms with Gasteiger partial charge in [0.1, 0.15) is 157 Å². The number of esters is 2. The fraction of sp³-hybridized carbons (Fsp3) is 0.212. The molecular formula is C85H82Cl3N23O16. The van der Waals surface area contributed by atoms with Crippen molar-refractivity contribution in [3.8, 4) is 56.3 Å². The molecule has 1 aliphatic carbocycles. The molecule has 0 aliphatic heterocycles. The van der Waals surface area contributed by atoms with Gasteiger partial charge >= 0.3 is 23.9 Å². The number of hydrogen-bond acceptors (Lipinski definition) is 31. The number of Topliss-reactive ketones (excluding diaryl/α,β-unsaturated/α-hetero) is 1. The first-order valence-corrected chi connectivity index (χ1v) is 39.2. The predicted octanol–water partition coefficient (Wildman–Crippen LogP) is 13.8. The molecule has 15 aromatic heterocycles. The quantitative estimate of drug-likeness (QED) is 0.0230. The lowest BCUT2D eigenvalue weighted by atomic mass is 10.0. The summed E-state index contributed by atoms with van der Waals surface area (Å²) >= 11 is 18.7. The summed E-state index contributed by atoms with van der Waals surface area (Å²) in [5, 5.41) is 42.3. The van der Waals surface area contributed by atoms with Crippen molar-refractivity contribution in [2.24, 2.45) is 35.2 Å². The highest BCUT2D eigenvalue weighted by atomic mass is 35.5. The summed E-state index contributed by atoms with van der Waals surface area (Å²) in [6.07, 6.45) is 13.6. The minimum atomic E-state index is -0.871. The van der Waals surface area contributed by atoms with Gasteiger partial charge in [-0.25, -0.2) is 59.4 Å². The second-order valence-electron chi connectivity index (χ2n) is 28.1. The SMILES string of the molecule is C=CC(=O)OCc1ccccc1.Cc1cc(-c2c(/C=C/C(=O)OCc3ccccc3)n(C)c3ncnc(Cl)c23)no1.Cc1cc(-c2c(C=O)n(C)c3ncnc(Cl)c23)no1.Cc1cc(-c2c(CCC(=O)O)n(C)c3ncnc(Cl)c23)no1.Cc1cc(-c2c(CCC(=O)O)n(C)c3ncnc(N)c23)no1.Cc1onc2c1C(=O)CCc1c-2c2c(N)ncnc2n1C.N.O. The Balaban J connectivity index is 0.000000149. The third-order valence-electron chi connectivity index (χ3n) is 20.0. The van der Waals surface area contributed by atoms with Gasteiger partial charge in [0.2, 0.25) is 0 Å². The number of carboxylic acid groups (broad SMARTS) is 2. The summed E-state index contributed by atoms with van der Waals surface area (Å²) in [6, 6.07) is 26.1. The second kappa shape index (κ2) is 40.3. The number of aliphatic carboxylic acids is 2. The summed E-state index contributed by atoms with van der Waals surface area (Å²) < 4.78 is 45.0. The number of ether oxygens (including phenoxy) is 2. The Kier molecular flexibility index (Phi) is 29.3. The maximum Gasteiger partial charge on any atom is 0.331 e. The lowest BCUT2D eigenvalue weighted by molar-refractivity contribution is -0.139. The van der Waals surface area contributed by atoms with Gasteiger partial charge in [-0.15, -0.1) is 0 Å². The van der Waals surface area contributed by atoms with Gasteiger partial charge in [-0.3, -0.25) is 19.2 Å². The van der Waals surface area contributed by atoms with Crippen molar-refractivity contribution in [1.29, 1.82) is 0 Å². The van der Waals surface area contributed by atoms with Gasteiger partial charge in [0.25, 0.3) is 0 Å². The summed E-state index contributed by atoms with van der Waals surface area (Å²) in [6.45, 7) is 12.7. The lowest BCUT2D eigenvalue weighted by Crippen LogP contribution is -2.03. The fourth-order valence-electron chi connectivity index (χ4n) is 14.2. The molecule has 0 unspecified atom stereocenters. The van der Waals surface area contributed by atoms with E-state index in [-0.39, 0.29) is 48.0 Å². The molecule has 0 radical (unpaired) electrons.